The van der Waals surface area contributed by atoms with Crippen LogP contribution in [0.15, 0.2) is 0 Å². The van der Waals surface area contributed by atoms with Crippen LogP contribution in [0.4, 0.5) is 0 Å². The highest BCUT2D eigenvalue weighted by Crippen LogP contribution is 2.28. The first-order valence-corrected chi connectivity index (χ1v) is 6.50. The summed E-state index contributed by atoms with van der Waals surface area (Å²) in [5.74, 6) is 0.157. The summed E-state index contributed by atoms with van der Waals surface area (Å²) in [5, 5.41) is 15.3. The molecule has 1 aliphatic rings. The number of nitrogens with one attached hydrogen (secondary N) is 2. The average Bonchev–Trinajstić information content (AvgIpc) is 2.27. The average molecular weight is 242 g/mol. The van der Waals surface area contributed by atoms with E-state index in [2.05, 4.69) is 24.5 Å². The fraction of sp³-hybridized carbons (Fsp3) is 0.923. The van der Waals surface area contributed by atoms with Gasteiger partial charge in [-0.05, 0) is 37.8 Å². The molecule has 100 valence electrons. The minimum Gasteiger partial charge on any atom is -0.396 e. The molecule has 0 atom stereocenters. The molecule has 4 heteroatoms. The normalized spacial score (nSPS) is 20.0. The zero-order chi connectivity index (χ0) is 12.9. The van der Waals surface area contributed by atoms with Gasteiger partial charge in [0.2, 0.25) is 5.91 Å². The van der Waals surface area contributed by atoms with E-state index in [1.165, 1.54) is 0 Å². The van der Waals surface area contributed by atoms with Gasteiger partial charge in [0.25, 0.3) is 0 Å². The van der Waals surface area contributed by atoms with Crippen molar-refractivity contribution in [2.24, 2.45) is 10.8 Å². The number of carbonyl (C=O) groups excluding carboxylic acids is 1. The van der Waals surface area contributed by atoms with Gasteiger partial charge in [0.05, 0.1) is 0 Å². The molecule has 1 rings (SSSR count). The second-order valence-corrected chi connectivity index (χ2v) is 6.13. The summed E-state index contributed by atoms with van der Waals surface area (Å²) < 4.78 is 0. The Balaban J connectivity index is 2.43. The Morgan fingerprint density at radius 1 is 1.41 bits per heavy atom. The minimum absolute atomic E-state index is 0.0340. The third-order valence-corrected chi connectivity index (χ3v) is 3.77. The summed E-state index contributed by atoms with van der Waals surface area (Å²) in [4.78, 5) is 12.2. The molecule has 0 spiro atoms. The van der Waals surface area contributed by atoms with Crippen molar-refractivity contribution in [3.63, 3.8) is 0 Å². The number of aliphatic hydroxyl groups is 1. The summed E-state index contributed by atoms with van der Waals surface area (Å²) in [6, 6.07) is 0. The van der Waals surface area contributed by atoms with Crippen LogP contribution in [0.5, 0.6) is 0 Å². The van der Waals surface area contributed by atoms with Crippen LogP contribution in [0, 0.1) is 10.8 Å². The van der Waals surface area contributed by atoms with Gasteiger partial charge in [-0.3, -0.25) is 4.79 Å². The van der Waals surface area contributed by atoms with E-state index >= 15 is 0 Å². The SMILES string of the molecule is CC(C)(CCO)CNC(=O)C1(C)CCNCC1. The quantitative estimate of drug-likeness (QED) is 0.671. The molecule has 1 aliphatic heterocycles. The fourth-order valence-corrected chi connectivity index (χ4v) is 2.13. The number of rotatable bonds is 5. The predicted molar refractivity (Wildman–Crippen MR) is 68.7 cm³/mol. The lowest BCUT2D eigenvalue weighted by Crippen LogP contribution is -2.47. The topological polar surface area (TPSA) is 61.4 Å². The highest BCUT2D eigenvalue weighted by Gasteiger charge is 2.35. The Bertz CT molecular complexity index is 258. The molecule has 0 saturated carbocycles. The second kappa shape index (κ2) is 5.83. The van der Waals surface area contributed by atoms with Crippen LogP contribution in [0.2, 0.25) is 0 Å². The molecule has 4 nitrogen and oxygen atoms in total. The van der Waals surface area contributed by atoms with Gasteiger partial charge in [-0.2, -0.15) is 0 Å². The molecule has 1 saturated heterocycles. The van der Waals surface area contributed by atoms with Gasteiger partial charge in [-0.15, -0.1) is 0 Å². The lowest BCUT2D eigenvalue weighted by Gasteiger charge is -2.34. The van der Waals surface area contributed by atoms with Crippen LogP contribution in [-0.2, 0) is 4.79 Å². The predicted octanol–water partition coefficient (Wildman–Crippen LogP) is 0.901. The number of carbonyl (C=O) groups is 1. The van der Waals surface area contributed by atoms with Gasteiger partial charge in [-0.25, -0.2) is 0 Å². The van der Waals surface area contributed by atoms with Crippen LogP contribution in [0.3, 0.4) is 0 Å². The van der Waals surface area contributed by atoms with Crippen molar-refractivity contribution < 1.29 is 9.90 Å². The lowest BCUT2D eigenvalue weighted by atomic mass is 9.79. The van der Waals surface area contributed by atoms with Crippen LogP contribution in [0.1, 0.15) is 40.0 Å². The number of hydrogen-bond acceptors (Lipinski definition) is 3. The molecule has 0 bridgehead atoms. The molecule has 1 amide bonds. The Kier molecular flexibility index (Phi) is 4.95. The molecule has 0 aliphatic carbocycles. The largest absolute Gasteiger partial charge is 0.396 e. The van der Waals surface area contributed by atoms with Gasteiger partial charge in [0, 0.05) is 18.6 Å². The van der Waals surface area contributed by atoms with E-state index in [1.807, 2.05) is 6.92 Å². The van der Waals surface area contributed by atoms with Crippen molar-refractivity contribution in [2.45, 2.75) is 40.0 Å². The fourth-order valence-electron chi connectivity index (χ4n) is 2.13. The summed E-state index contributed by atoms with van der Waals surface area (Å²) in [7, 11) is 0. The Labute approximate surface area is 104 Å². The third-order valence-electron chi connectivity index (χ3n) is 3.77. The van der Waals surface area contributed by atoms with Crippen LogP contribution >= 0.6 is 0 Å². The molecule has 3 N–H and O–H groups in total. The van der Waals surface area contributed by atoms with Gasteiger partial charge >= 0.3 is 0 Å². The first-order chi connectivity index (χ1) is 7.90. The summed E-state index contributed by atoms with van der Waals surface area (Å²) in [6.07, 6.45) is 2.52. The standard InChI is InChI=1S/C13H26N2O2/c1-12(2,6-9-16)10-15-11(17)13(3)4-7-14-8-5-13/h14,16H,4-10H2,1-3H3,(H,15,17). The first-order valence-electron chi connectivity index (χ1n) is 6.50. The van der Waals surface area contributed by atoms with Crippen molar-refractivity contribution in [1.82, 2.24) is 10.6 Å². The first kappa shape index (κ1) is 14.5. The van der Waals surface area contributed by atoms with Crippen molar-refractivity contribution in [2.75, 3.05) is 26.2 Å². The zero-order valence-corrected chi connectivity index (χ0v) is 11.3. The number of hydrogen-bond donors (Lipinski definition) is 3. The van der Waals surface area contributed by atoms with Gasteiger partial charge < -0.3 is 15.7 Å². The van der Waals surface area contributed by atoms with E-state index in [-0.39, 0.29) is 23.3 Å². The van der Waals surface area contributed by atoms with Crippen LogP contribution < -0.4 is 10.6 Å². The summed E-state index contributed by atoms with van der Waals surface area (Å²) in [6.45, 7) is 8.82. The van der Waals surface area contributed by atoms with Crippen molar-refractivity contribution in [1.29, 1.82) is 0 Å². The molecule has 17 heavy (non-hydrogen) atoms. The summed E-state index contributed by atoms with van der Waals surface area (Å²) in [5.41, 5.74) is -0.256. The molecule has 0 aromatic rings. The Hall–Kier alpha value is -0.610. The van der Waals surface area contributed by atoms with Crippen LogP contribution in [-0.4, -0.2) is 37.3 Å². The Morgan fingerprint density at radius 3 is 2.53 bits per heavy atom. The molecular formula is C13H26N2O2. The zero-order valence-electron chi connectivity index (χ0n) is 11.3. The number of aliphatic hydroxyl groups excluding tert-OH is 1. The van der Waals surface area contributed by atoms with E-state index in [0.29, 0.717) is 13.0 Å². The second-order valence-electron chi connectivity index (χ2n) is 6.13. The lowest BCUT2D eigenvalue weighted by molar-refractivity contribution is -0.132. The van der Waals surface area contributed by atoms with E-state index in [4.69, 9.17) is 5.11 Å². The maximum absolute atomic E-state index is 12.2. The molecule has 0 aromatic carbocycles. The molecule has 0 aromatic heterocycles. The van der Waals surface area contributed by atoms with E-state index in [9.17, 15) is 4.79 Å². The van der Waals surface area contributed by atoms with Crippen molar-refractivity contribution in [3.8, 4) is 0 Å². The van der Waals surface area contributed by atoms with Gasteiger partial charge in [-0.1, -0.05) is 20.8 Å². The molecule has 0 unspecified atom stereocenters. The minimum atomic E-state index is -0.222. The highest BCUT2D eigenvalue weighted by molar-refractivity contribution is 5.82. The van der Waals surface area contributed by atoms with Gasteiger partial charge in [0.1, 0.15) is 0 Å². The monoisotopic (exact) mass is 242 g/mol. The summed E-state index contributed by atoms with van der Waals surface area (Å²) >= 11 is 0. The highest BCUT2D eigenvalue weighted by atomic mass is 16.3. The smallest absolute Gasteiger partial charge is 0.226 e. The van der Waals surface area contributed by atoms with Gasteiger partial charge in [0.15, 0.2) is 0 Å². The Morgan fingerprint density at radius 2 is 2.00 bits per heavy atom. The van der Waals surface area contributed by atoms with E-state index in [0.717, 1.165) is 25.9 Å². The van der Waals surface area contributed by atoms with E-state index < -0.39 is 0 Å². The molecular weight excluding hydrogens is 216 g/mol. The third kappa shape index (κ3) is 4.28. The van der Waals surface area contributed by atoms with Crippen molar-refractivity contribution >= 4 is 5.91 Å². The molecule has 1 heterocycles. The maximum Gasteiger partial charge on any atom is 0.226 e. The maximum atomic E-state index is 12.2. The van der Waals surface area contributed by atoms with Crippen LogP contribution in [0.25, 0.3) is 0 Å². The number of piperidine rings is 1. The van der Waals surface area contributed by atoms with E-state index in [1.54, 1.807) is 0 Å². The number of amides is 1. The van der Waals surface area contributed by atoms with Crippen molar-refractivity contribution in [3.05, 3.63) is 0 Å². The molecule has 0 radical (unpaired) electrons. The molecule has 1 fully saturated rings.